The molecule has 1 fully saturated rings. The zero-order chi connectivity index (χ0) is 17.9. The molecule has 0 N–H and O–H groups in total. The molecule has 8 heteroatoms. The summed E-state index contributed by atoms with van der Waals surface area (Å²) < 4.78 is 30.2. The van der Waals surface area contributed by atoms with Crippen LogP contribution in [-0.2, 0) is 10.0 Å². The van der Waals surface area contributed by atoms with Gasteiger partial charge in [-0.1, -0.05) is 11.6 Å². The Morgan fingerprint density at radius 2 is 1.96 bits per heavy atom. The average Bonchev–Trinajstić information content (AvgIpc) is 2.76. The van der Waals surface area contributed by atoms with Gasteiger partial charge in [0, 0.05) is 31.7 Å². The monoisotopic (exact) mass is 374 g/mol. The van der Waals surface area contributed by atoms with Gasteiger partial charge >= 0.3 is 0 Å². The predicted molar refractivity (Wildman–Crippen MR) is 94.3 cm³/mol. The highest BCUT2D eigenvalue weighted by Crippen LogP contribution is 2.29. The van der Waals surface area contributed by atoms with Crippen LogP contribution < -0.4 is 4.74 Å². The van der Waals surface area contributed by atoms with Crippen molar-refractivity contribution in [2.24, 2.45) is 0 Å². The molecule has 0 atom stereocenters. The highest BCUT2D eigenvalue weighted by molar-refractivity contribution is 7.88. The van der Waals surface area contributed by atoms with Gasteiger partial charge in [0.05, 0.1) is 17.9 Å². The first-order chi connectivity index (χ1) is 11.2. The highest BCUT2D eigenvalue weighted by atomic mass is 35.5. The molecule has 0 saturated carbocycles. The van der Waals surface area contributed by atoms with Gasteiger partial charge in [0.25, 0.3) is 5.91 Å². The Bertz CT molecular complexity index is 721. The fourth-order valence-electron chi connectivity index (χ4n) is 2.75. The van der Waals surface area contributed by atoms with E-state index in [9.17, 15) is 13.2 Å². The largest absolute Gasteiger partial charge is 0.492 e. The number of sulfonamides is 1. The van der Waals surface area contributed by atoms with Crippen LogP contribution in [0, 0.1) is 6.92 Å². The molecule has 1 heterocycles. The zero-order valence-electron chi connectivity index (χ0n) is 14.2. The fourth-order valence-corrected chi connectivity index (χ4v) is 3.84. The first kappa shape index (κ1) is 19.0. The number of halogens is 1. The SMILES string of the molecule is CCOc1cc(C)c(C(=O)N2CCCN(S(C)(=O)=O)CC2)cc1Cl. The molecule has 1 aromatic rings. The molecule has 2 rings (SSSR count). The van der Waals surface area contributed by atoms with Crippen LogP contribution in [0.15, 0.2) is 12.1 Å². The quantitative estimate of drug-likeness (QED) is 0.809. The van der Waals surface area contributed by atoms with Crippen molar-refractivity contribution < 1.29 is 17.9 Å². The number of ether oxygens (including phenoxy) is 1. The zero-order valence-corrected chi connectivity index (χ0v) is 15.8. The number of amides is 1. The van der Waals surface area contributed by atoms with Crippen LogP contribution >= 0.6 is 11.6 Å². The molecular formula is C16H23ClN2O4S. The third kappa shape index (κ3) is 4.40. The Morgan fingerprint density at radius 1 is 1.25 bits per heavy atom. The summed E-state index contributed by atoms with van der Waals surface area (Å²) in [4.78, 5) is 14.5. The van der Waals surface area contributed by atoms with Gasteiger partial charge in [0.15, 0.2) is 0 Å². The molecule has 0 aromatic heterocycles. The Balaban J connectivity index is 2.18. The smallest absolute Gasteiger partial charge is 0.254 e. The lowest BCUT2D eigenvalue weighted by molar-refractivity contribution is 0.0763. The summed E-state index contributed by atoms with van der Waals surface area (Å²) in [6.45, 7) is 5.85. The van der Waals surface area contributed by atoms with Crippen LogP contribution in [0.1, 0.15) is 29.3 Å². The molecule has 1 saturated heterocycles. The van der Waals surface area contributed by atoms with E-state index in [2.05, 4.69) is 0 Å². The fraction of sp³-hybridized carbons (Fsp3) is 0.562. The van der Waals surface area contributed by atoms with Crippen molar-refractivity contribution in [1.29, 1.82) is 0 Å². The van der Waals surface area contributed by atoms with E-state index < -0.39 is 10.0 Å². The van der Waals surface area contributed by atoms with Gasteiger partial charge in [-0.2, -0.15) is 0 Å². The molecule has 0 bridgehead atoms. The van der Waals surface area contributed by atoms with Gasteiger partial charge in [-0.25, -0.2) is 12.7 Å². The Hall–Kier alpha value is -1.31. The molecule has 0 radical (unpaired) electrons. The minimum absolute atomic E-state index is 0.132. The second-order valence-corrected chi connectivity index (χ2v) is 8.23. The second kappa shape index (κ2) is 7.72. The van der Waals surface area contributed by atoms with Crippen molar-refractivity contribution in [3.05, 3.63) is 28.3 Å². The van der Waals surface area contributed by atoms with Crippen LogP contribution in [0.2, 0.25) is 5.02 Å². The van der Waals surface area contributed by atoms with Crippen LogP contribution in [0.25, 0.3) is 0 Å². The highest BCUT2D eigenvalue weighted by Gasteiger charge is 2.25. The number of nitrogens with zero attached hydrogens (tertiary/aromatic N) is 2. The van der Waals surface area contributed by atoms with Crippen LogP contribution in [0.4, 0.5) is 0 Å². The molecular weight excluding hydrogens is 352 g/mol. The molecule has 1 aliphatic rings. The Kier molecular flexibility index (Phi) is 6.11. The molecule has 6 nitrogen and oxygen atoms in total. The van der Waals surface area contributed by atoms with E-state index in [0.29, 0.717) is 55.5 Å². The van der Waals surface area contributed by atoms with E-state index in [1.54, 1.807) is 17.0 Å². The van der Waals surface area contributed by atoms with Crippen molar-refractivity contribution in [3.63, 3.8) is 0 Å². The van der Waals surface area contributed by atoms with E-state index in [0.717, 1.165) is 5.56 Å². The second-order valence-electron chi connectivity index (χ2n) is 5.84. The first-order valence-corrected chi connectivity index (χ1v) is 10.1. The van der Waals surface area contributed by atoms with Gasteiger partial charge in [-0.05, 0) is 38.0 Å². The third-order valence-corrected chi connectivity index (χ3v) is 5.62. The first-order valence-electron chi connectivity index (χ1n) is 7.91. The maximum absolute atomic E-state index is 12.8. The van der Waals surface area contributed by atoms with Crippen molar-refractivity contribution in [2.75, 3.05) is 39.0 Å². The van der Waals surface area contributed by atoms with Gasteiger partial charge in [0.2, 0.25) is 10.0 Å². The van der Waals surface area contributed by atoms with E-state index in [1.165, 1.54) is 10.6 Å². The lowest BCUT2D eigenvalue weighted by Crippen LogP contribution is -2.37. The van der Waals surface area contributed by atoms with Crippen LogP contribution in [0.3, 0.4) is 0 Å². The molecule has 1 aromatic carbocycles. The summed E-state index contributed by atoms with van der Waals surface area (Å²) in [5.74, 6) is 0.431. The molecule has 134 valence electrons. The average molecular weight is 375 g/mol. The summed E-state index contributed by atoms with van der Waals surface area (Å²) in [5, 5.41) is 0.401. The van der Waals surface area contributed by atoms with Gasteiger partial charge in [0.1, 0.15) is 5.75 Å². The van der Waals surface area contributed by atoms with E-state index in [4.69, 9.17) is 16.3 Å². The summed E-state index contributed by atoms with van der Waals surface area (Å²) in [6.07, 6.45) is 1.81. The van der Waals surface area contributed by atoms with E-state index in [1.807, 2.05) is 13.8 Å². The van der Waals surface area contributed by atoms with Crippen molar-refractivity contribution >= 4 is 27.5 Å². The standard InChI is InChI=1S/C16H23ClN2O4S/c1-4-23-15-10-12(2)13(11-14(15)17)16(20)18-6-5-7-19(9-8-18)24(3,21)22/h10-11H,4-9H2,1-3H3. The van der Waals surface area contributed by atoms with Crippen LogP contribution in [0.5, 0.6) is 5.75 Å². The molecule has 24 heavy (non-hydrogen) atoms. The lowest BCUT2D eigenvalue weighted by Gasteiger charge is -2.22. The number of hydrogen-bond acceptors (Lipinski definition) is 4. The predicted octanol–water partition coefficient (Wildman–Crippen LogP) is 2.15. The van der Waals surface area contributed by atoms with Gasteiger partial charge in [-0.15, -0.1) is 0 Å². The van der Waals surface area contributed by atoms with E-state index >= 15 is 0 Å². The maximum atomic E-state index is 12.8. The third-order valence-electron chi connectivity index (χ3n) is 4.02. The summed E-state index contributed by atoms with van der Waals surface area (Å²) >= 11 is 6.20. The number of carbonyl (C=O) groups is 1. The number of benzene rings is 1. The molecule has 0 aliphatic carbocycles. The van der Waals surface area contributed by atoms with E-state index in [-0.39, 0.29) is 5.91 Å². The lowest BCUT2D eigenvalue weighted by atomic mass is 10.1. The number of aryl methyl sites for hydroxylation is 1. The summed E-state index contributed by atoms with van der Waals surface area (Å²) in [5.41, 5.74) is 1.31. The molecule has 0 spiro atoms. The maximum Gasteiger partial charge on any atom is 0.254 e. The minimum atomic E-state index is -3.23. The van der Waals surface area contributed by atoms with Crippen LogP contribution in [-0.4, -0.2) is 62.6 Å². The number of carbonyl (C=O) groups excluding carboxylic acids is 1. The number of hydrogen-bond donors (Lipinski definition) is 0. The van der Waals surface area contributed by atoms with Crippen molar-refractivity contribution in [1.82, 2.24) is 9.21 Å². The topological polar surface area (TPSA) is 66.9 Å². The normalized spacial score (nSPS) is 16.8. The minimum Gasteiger partial charge on any atom is -0.492 e. The Morgan fingerprint density at radius 3 is 2.58 bits per heavy atom. The Labute approximate surface area is 148 Å². The molecule has 1 aliphatic heterocycles. The molecule has 0 unspecified atom stereocenters. The van der Waals surface area contributed by atoms with Crippen molar-refractivity contribution in [3.8, 4) is 5.75 Å². The summed E-state index contributed by atoms with van der Waals surface area (Å²) in [7, 11) is -3.23. The molecule has 1 amide bonds. The number of rotatable bonds is 4. The van der Waals surface area contributed by atoms with Gasteiger partial charge < -0.3 is 9.64 Å². The summed E-state index contributed by atoms with van der Waals surface area (Å²) in [6, 6.07) is 3.39. The van der Waals surface area contributed by atoms with Crippen molar-refractivity contribution in [2.45, 2.75) is 20.3 Å². The van der Waals surface area contributed by atoms with Gasteiger partial charge in [-0.3, -0.25) is 4.79 Å².